The second-order valence-corrected chi connectivity index (χ2v) is 5.74. The molecule has 0 spiro atoms. The summed E-state index contributed by atoms with van der Waals surface area (Å²) in [6.07, 6.45) is 14.0. The van der Waals surface area contributed by atoms with Crippen molar-refractivity contribution in [3.63, 3.8) is 0 Å². The van der Waals surface area contributed by atoms with Crippen LogP contribution >= 0.6 is 0 Å². The van der Waals surface area contributed by atoms with Gasteiger partial charge in [0, 0.05) is 24.5 Å². The highest BCUT2D eigenvalue weighted by molar-refractivity contribution is 5.22. The van der Waals surface area contributed by atoms with Crippen LogP contribution in [0.25, 0.3) is 0 Å². The van der Waals surface area contributed by atoms with Gasteiger partial charge in [0.1, 0.15) is 0 Å². The second-order valence-electron chi connectivity index (χ2n) is 5.74. The molecule has 20 heavy (non-hydrogen) atoms. The van der Waals surface area contributed by atoms with Crippen molar-refractivity contribution < 1.29 is 0 Å². The summed E-state index contributed by atoms with van der Waals surface area (Å²) >= 11 is 0. The molecule has 0 amide bonds. The monoisotopic (exact) mass is 272 g/mol. The first-order valence-corrected chi connectivity index (χ1v) is 7.93. The van der Waals surface area contributed by atoms with E-state index >= 15 is 0 Å². The maximum absolute atomic E-state index is 4.04. The van der Waals surface area contributed by atoms with E-state index in [-0.39, 0.29) is 0 Å². The van der Waals surface area contributed by atoms with Crippen LogP contribution < -0.4 is 0 Å². The summed E-state index contributed by atoms with van der Waals surface area (Å²) in [4.78, 5) is 5.03. The van der Waals surface area contributed by atoms with E-state index in [4.69, 9.17) is 0 Å². The first-order valence-electron chi connectivity index (χ1n) is 7.93. The molecule has 0 bridgehead atoms. The largest absolute Gasteiger partial charge is 0.352 e. The van der Waals surface area contributed by atoms with Crippen LogP contribution in [0.4, 0.5) is 0 Å². The Morgan fingerprint density at radius 3 is 2.35 bits per heavy atom. The van der Waals surface area contributed by atoms with E-state index in [9.17, 15) is 0 Å². The van der Waals surface area contributed by atoms with Crippen molar-refractivity contribution in [2.75, 3.05) is 19.8 Å². The van der Waals surface area contributed by atoms with Gasteiger partial charge in [-0.2, -0.15) is 0 Å². The molecule has 1 heterocycles. The zero-order valence-corrected chi connectivity index (χ0v) is 12.9. The first-order chi connectivity index (χ1) is 9.76. The molecule has 110 valence electrons. The lowest BCUT2D eigenvalue weighted by molar-refractivity contribution is 0.268. The van der Waals surface area contributed by atoms with E-state index in [0.29, 0.717) is 0 Å². The van der Waals surface area contributed by atoms with Crippen molar-refractivity contribution in [2.45, 2.75) is 45.4 Å². The van der Waals surface area contributed by atoms with Crippen molar-refractivity contribution in [3.8, 4) is 0 Å². The molecule has 0 aromatic rings. The van der Waals surface area contributed by atoms with Gasteiger partial charge in [0.25, 0.3) is 0 Å². The fourth-order valence-electron chi connectivity index (χ4n) is 3.06. The molecule has 2 nitrogen and oxygen atoms in total. The molecule has 0 aromatic carbocycles. The molecule has 0 atom stereocenters. The Bertz CT molecular complexity index is 417. The molecule has 0 aromatic heterocycles. The summed E-state index contributed by atoms with van der Waals surface area (Å²) < 4.78 is 0. The zero-order valence-electron chi connectivity index (χ0n) is 12.9. The molecular formula is C18H28N2. The number of rotatable bonds is 6. The first kappa shape index (κ1) is 15.0. The Labute approximate surface area is 124 Å². The van der Waals surface area contributed by atoms with Crippen LogP contribution in [-0.2, 0) is 0 Å². The van der Waals surface area contributed by atoms with Gasteiger partial charge in [0.05, 0.1) is 6.67 Å². The summed E-state index contributed by atoms with van der Waals surface area (Å²) in [5, 5.41) is 0. The molecule has 0 N–H and O–H groups in total. The topological polar surface area (TPSA) is 6.48 Å². The quantitative estimate of drug-likeness (QED) is 0.521. The fraction of sp³-hybridized carbons (Fsp3) is 0.556. The van der Waals surface area contributed by atoms with Crippen LogP contribution in [-0.4, -0.2) is 29.6 Å². The van der Waals surface area contributed by atoms with Gasteiger partial charge in [0.15, 0.2) is 0 Å². The van der Waals surface area contributed by atoms with E-state index in [2.05, 4.69) is 42.0 Å². The Kier molecular flexibility index (Phi) is 5.51. The van der Waals surface area contributed by atoms with Gasteiger partial charge < -0.3 is 9.80 Å². The SMILES string of the molecule is C=CCN1CN(C/C=C/C(=C)CC)C2=C1CCCCC2. The molecule has 0 saturated carbocycles. The summed E-state index contributed by atoms with van der Waals surface area (Å²) in [6, 6.07) is 0. The lowest BCUT2D eigenvalue weighted by atomic mass is 10.2. The minimum Gasteiger partial charge on any atom is -0.352 e. The predicted octanol–water partition coefficient (Wildman–Crippen LogP) is 4.45. The molecule has 2 heteroatoms. The lowest BCUT2D eigenvalue weighted by Crippen LogP contribution is -2.28. The van der Waals surface area contributed by atoms with Crippen molar-refractivity contribution >= 4 is 0 Å². The van der Waals surface area contributed by atoms with Crippen LogP contribution in [0.5, 0.6) is 0 Å². The zero-order chi connectivity index (χ0) is 14.4. The van der Waals surface area contributed by atoms with Crippen molar-refractivity contribution in [1.29, 1.82) is 0 Å². The van der Waals surface area contributed by atoms with E-state index < -0.39 is 0 Å². The Morgan fingerprint density at radius 2 is 1.75 bits per heavy atom. The summed E-state index contributed by atoms with van der Waals surface area (Å²) in [5.41, 5.74) is 4.36. The highest BCUT2D eigenvalue weighted by Gasteiger charge is 2.27. The number of hydrogen-bond acceptors (Lipinski definition) is 2. The maximum Gasteiger partial charge on any atom is 0.0904 e. The lowest BCUT2D eigenvalue weighted by Gasteiger charge is -2.23. The second kappa shape index (κ2) is 7.37. The molecular weight excluding hydrogens is 244 g/mol. The van der Waals surface area contributed by atoms with E-state index in [1.54, 1.807) is 11.4 Å². The average molecular weight is 272 g/mol. The van der Waals surface area contributed by atoms with E-state index in [1.807, 2.05) is 6.08 Å². The fourth-order valence-corrected chi connectivity index (χ4v) is 3.06. The van der Waals surface area contributed by atoms with Crippen molar-refractivity contribution in [3.05, 3.63) is 48.4 Å². The summed E-state index contributed by atoms with van der Waals surface area (Å²) in [5.74, 6) is 0. The van der Waals surface area contributed by atoms with E-state index in [1.165, 1.54) is 37.7 Å². The van der Waals surface area contributed by atoms with Gasteiger partial charge >= 0.3 is 0 Å². The molecule has 2 aliphatic rings. The van der Waals surface area contributed by atoms with Crippen molar-refractivity contribution in [1.82, 2.24) is 9.80 Å². The summed E-state index contributed by atoms with van der Waals surface area (Å²) in [6.45, 7) is 13.1. The smallest absolute Gasteiger partial charge is 0.0904 e. The Hall–Kier alpha value is -1.44. The van der Waals surface area contributed by atoms with Gasteiger partial charge in [-0.05, 0) is 32.1 Å². The third kappa shape index (κ3) is 3.56. The number of allylic oxidation sites excluding steroid dienone is 4. The predicted molar refractivity (Wildman–Crippen MR) is 87.2 cm³/mol. The normalized spacial score (nSPS) is 19.4. The van der Waals surface area contributed by atoms with Crippen LogP contribution in [0.15, 0.2) is 48.4 Å². The number of nitrogens with zero attached hydrogens (tertiary/aromatic N) is 2. The maximum atomic E-state index is 4.04. The molecule has 0 unspecified atom stereocenters. The number of hydrogen-bond donors (Lipinski definition) is 0. The standard InChI is InChI=1S/C18H28N2/c1-4-13-19-15-20(14-9-10-16(3)5-2)18-12-8-6-7-11-17(18)19/h4,9-10H,1,3,5-8,11-15H2,2H3/b10-9+. The van der Waals surface area contributed by atoms with Gasteiger partial charge in [-0.1, -0.05) is 43.7 Å². The van der Waals surface area contributed by atoms with Crippen LogP contribution in [0, 0.1) is 0 Å². The highest BCUT2D eigenvalue weighted by Crippen LogP contribution is 2.33. The molecule has 2 rings (SSSR count). The van der Waals surface area contributed by atoms with Gasteiger partial charge in [-0.25, -0.2) is 0 Å². The van der Waals surface area contributed by atoms with Crippen LogP contribution in [0.1, 0.15) is 45.4 Å². The van der Waals surface area contributed by atoms with Gasteiger partial charge in [-0.15, -0.1) is 6.58 Å². The third-order valence-electron chi connectivity index (χ3n) is 4.25. The van der Waals surface area contributed by atoms with Gasteiger partial charge in [0.2, 0.25) is 0 Å². The molecule has 0 radical (unpaired) electrons. The molecule has 1 aliphatic heterocycles. The molecule has 1 aliphatic carbocycles. The van der Waals surface area contributed by atoms with Gasteiger partial charge in [-0.3, -0.25) is 0 Å². The Balaban J connectivity index is 2.05. The minimum atomic E-state index is 0.973. The molecule has 0 saturated heterocycles. The van der Waals surface area contributed by atoms with Crippen molar-refractivity contribution in [2.24, 2.45) is 0 Å². The highest BCUT2D eigenvalue weighted by atomic mass is 15.4. The third-order valence-corrected chi connectivity index (χ3v) is 4.25. The summed E-state index contributed by atoms with van der Waals surface area (Å²) in [7, 11) is 0. The van der Waals surface area contributed by atoms with Crippen LogP contribution in [0.3, 0.4) is 0 Å². The molecule has 0 fully saturated rings. The average Bonchev–Trinajstić information content (AvgIpc) is 2.65. The Morgan fingerprint density at radius 1 is 1.10 bits per heavy atom. The van der Waals surface area contributed by atoms with Crippen LogP contribution in [0.2, 0.25) is 0 Å². The minimum absolute atomic E-state index is 0.973. The van der Waals surface area contributed by atoms with E-state index in [0.717, 1.165) is 26.2 Å².